The van der Waals surface area contributed by atoms with Crippen LogP contribution in [0.25, 0.3) is 10.9 Å². The van der Waals surface area contributed by atoms with Crippen molar-refractivity contribution in [3.05, 3.63) is 59.9 Å². The van der Waals surface area contributed by atoms with Crippen LogP contribution in [0.15, 0.2) is 48.5 Å². The second-order valence-corrected chi connectivity index (χ2v) is 6.90. The number of aromatic nitrogens is 2. The van der Waals surface area contributed by atoms with Crippen molar-refractivity contribution in [3.8, 4) is 0 Å². The van der Waals surface area contributed by atoms with Gasteiger partial charge in [-0.2, -0.15) is 13.2 Å². The monoisotopic (exact) mass is 431 g/mol. The molecule has 1 heterocycles. The van der Waals surface area contributed by atoms with E-state index >= 15 is 0 Å². The predicted octanol–water partition coefficient (Wildman–Crippen LogP) is 4.46. The summed E-state index contributed by atoms with van der Waals surface area (Å²) in [4.78, 5) is 21.8. The second kappa shape index (κ2) is 9.74. The maximum absolute atomic E-state index is 13.2. The summed E-state index contributed by atoms with van der Waals surface area (Å²) in [5, 5.41) is 6.24. The van der Waals surface area contributed by atoms with Gasteiger partial charge in [0.25, 0.3) is 5.91 Å². The van der Waals surface area contributed by atoms with Gasteiger partial charge in [0.15, 0.2) is 0 Å². The molecule has 0 aliphatic heterocycles. The molecule has 2 aromatic carbocycles. The number of carbonyl (C=O) groups excluding carboxylic acids is 1. The van der Waals surface area contributed by atoms with Gasteiger partial charge in [-0.1, -0.05) is 26.0 Å². The number of hydrogen-bond donors (Lipinski definition) is 2. The van der Waals surface area contributed by atoms with Crippen molar-refractivity contribution in [1.82, 2.24) is 20.2 Å². The first-order valence-electron chi connectivity index (χ1n) is 10.0. The molecule has 1 amide bonds. The van der Waals surface area contributed by atoms with E-state index in [2.05, 4.69) is 39.3 Å². The zero-order chi connectivity index (χ0) is 22.4. The average Bonchev–Trinajstić information content (AvgIpc) is 2.76. The molecule has 31 heavy (non-hydrogen) atoms. The van der Waals surface area contributed by atoms with Crippen LogP contribution >= 0.6 is 0 Å². The SMILES string of the molecule is CCN(CC)CCNC(=O)c1ccc(Nc2nc(C(F)(F)F)nc3ccccc23)cc1. The fourth-order valence-electron chi connectivity index (χ4n) is 3.11. The highest BCUT2D eigenvalue weighted by Crippen LogP contribution is 2.31. The van der Waals surface area contributed by atoms with E-state index in [9.17, 15) is 18.0 Å². The third-order valence-electron chi connectivity index (χ3n) is 4.87. The first-order chi connectivity index (χ1) is 14.8. The second-order valence-electron chi connectivity index (χ2n) is 6.90. The first kappa shape index (κ1) is 22.5. The fourth-order valence-corrected chi connectivity index (χ4v) is 3.11. The summed E-state index contributed by atoms with van der Waals surface area (Å²) >= 11 is 0. The smallest absolute Gasteiger partial charge is 0.351 e. The van der Waals surface area contributed by atoms with Crippen LogP contribution < -0.4 is 10.6 Å². The molecule has 3 aromatic rings. The number of para-hydroxylation sites is 1. The third-order valence-corrected chi connectivity index (χ3v) is 4.87. The number of halogens is 3. The molecule has 0 aliphatic carbocycles. The molecule has 9 heteroatoms. The number of carbonyl (C=O) groups is 1. The lowest BCUT2D eigenvalue weighted by molar-refractivity contribution is -0.144. The number of benzene rings is 2. The highest BCUT2D eigenvalue weighted by molar-refractivity contribution is 5.95. The number of alkyl halides is 3. The van der Waals surface area contributed by atoms with E-state index in [1.807, 2.05) is 0 Å². The Balaban J connectivity index is 1.74. The van der Waals surface area contributed by atoms with E-state index in [1.165, 1.54) is 6.07 Å². The molecule has 0 fully saturated rings. The summed E-state index contributed by atoms with van der Waals surface area (Å²) < 4.78 is 39.5. The van der Waals surface area contributed by atoms with Gasteiger partial charge in [-0.3, -0.25) is 4.79 Å². The lowest BCUT2D eigenvalue weighted by atomic mass is 10.2. The van der Waals surface area contributed by atoms with Crippen LogP contribution in [0.2, 0.25) is 0 Å². The van der Waals surface area contributed by atoms with Gasteiger partial charge in [-0.25, -0.2) is 9.97 Å². The zero-order valence-electron chi connectivity index (χ0n) is 17.3. The van der Waals surface area contributed by atoms with Crippen LogP contribution in [0.4, 0.5) is 24.7 Å². The van der Waals surface area contributed by atoms with E-state index in [0.717, 1.165) is 19.6 Å². The molecular weight excluding hydrogens is 407 g/mol. The van der Waals surface area contributed by atoms with Gasteiger partial charge in [0.05, 0.1) is 5.52 Å². The maximum atomic E-state index is 13.2. The summed E-state index contributed by atoms with van der Waals surface area (Å²) in [6.07, 6.45) is -4.66. The van der Waals surface area contributed by atoms with Crippen molar-refractivity contribution in [1.29, 1.82) is 0 Å². The van der Waals surface area contributed by atoms with Gasteiger partial charge in [-0.15, -0.1) is 0 Å². The first-order valence-corrected chi connectivity index (χ1v) is 10.0. The van der Waals surface area contributed by atoms with Crippen molar-refractivity contribution in [2.45, 2.75) is 20.0 Å². The van der Waals surface area contributed by atoms with Crippen molar-refractivity contribution in [2.24, 2.45) is 0 Å². The van der Waals surface area contributed by atoms with Crippen LogP contribution in [-0.4, -0.2) is 47.0 Å². The van der Waals surface area contributed by atoms with Crippen LogP contribution in [-0.2, 0) is 6.18 Å². The Morgan fingerprint density at radius 3 is 2.32 bits per heavy atom. The Labute approximate surface area is 178 Å². The molecule has 0 aliphatic rings. The third kappa shape index (κ3) is 5.69. The molecule has 0 bridgehead atoms. The number of rotatable bonds is 8. The molecule has 1 aromatic heterocycles. The average molecular weight is 431 g/mol. The van der Waals surface area contributed by atoms with E-state index in [-0.39, 0.29) is 17.2 Å². The number of anilines is 2. The standard InChI is InChI=1S/C22H24F3N5O/c1-3-30(4-2)14-13-26-20(31)15-9-11-16(12-10-15)27-19-17-7-5-6-8-18(17)28-21(29-19)22(23,24)25/h5-12H,3-4,13-14H2,1-2H3,(H,26,31)(H,27,28,29). The lowest BCUT2D eigenvalue weighted by Crippen LogP contribution is -2.34. The van der Waals surface area contributed by atoms with E-state index in [0.29, 0.717) is 23.2 Å². The molecule has 6 nitrogen and oxygen atoms in total. The Bertz CT molecular complexity index is 1030. The maximum Gasteiger partial charge on any atom is 0.451 e. The molecule has 0 radical (unpaired) electrons. The number of nitrogens with one attached hydrogen (secondary N) is 2. The van der Waals surface area contributed by atoms with Gasteiger partial charge in [0.2, 0.25) is 5.82 Å². The molecule has 0 spiro atoms. The van der Waals surface area contributed by atoms with Crippen molar-refractivity contribution < 1.29 is 18.0 Å². The van der Waals surface area contributed by atoms with Crippen LogP contribution in [0.5, 0.6) is 0 Å². The lowest BCUT2D eigenvalue weighted by Gasteiger charge is -2.18. The summed E-state index contributed by atoms with van der Waals surface area (Å²) in [7, 11) is 0. The van der Waals surface area contributed by atoms with Crippen LogP contribution in [0.3, 0.4) is 0 Å². The van der Waals surface area contributed by atoms with Crippen molar-refractivity contribution in [2.75, 3.05) is 31.5 Å². The van der Waals surface area contributed by atoms with E-state index < -0.39 is 12.0 Å². The summed E-state index contributed by atoms with van der Waals surface area (Å²) in [5.74, 6) is -1.36. The number of hydrogen-bond acceptors (Lipinski definition) is 5. The number of fused-ring (bicyclic) bond motifs is 1. The summed E-state index contributed by atoms with van der Waals surface area (Å²) in [5.41, 5.74) is 1.17. The van der Waals surface area contributed by atoms with Gasteiger partial charge >= 0.3 is 6.18 Å². The molecule has 0 atom stereocenters. The minimum Gasteiger partial charge on any atom is -0.351 e. The molecule has 3 rings (SSSR count). The molecule has 0 unspecified atom stereocenters. The van der Waals surface area contributed by atoms with E-state index in [1.54, 1.807) is 42.5 Å². The number of nitrogens with zero attached hydrogens (tertiary/aromatic N) is 3. The Morgan fingerprint density at radius 2 is 1.68 bits per heavy atom. The highest BCUT2D eigenvalue weighted by atomic mass is 19.4. The highest BCUT2D eigenvalue weighted by Gasteiger charge is 2.35. The minimum atomic E-state index is -4.66. The normalized spacial score (nSPS) is 11.7. The summed E-state index contributed by atoms with van der Waals surface area (Å²) in [6.45, 7) is 7.26. The Hall–Kier alpha value is -3.20. The van der Waals surface area contributed by atoms with Gasteiger partial charge in [0.1, 0.15) is 5.82 Å². The van der Waals surface area contributed by atoms with Crippen LogP contribution in [0, 0.1) is 0 Å². The van der Waals surface area contributed by atoms with Crippen molar-refractivity contribution in [3.63, 3.8) is 0 Å². The molecule has 164 valence electrons. The largest absolute Gasteiger partial charge is 0.451 e. The minimum absolute atomic E-state index is 0.0503. The number of likely N-dealkylation sites (N-methyl/N-ethyl adjacent to an activating group) is 1. The molecule has 2 N–H and O–H groups in total. The van der Waals surface area contributed by atoms with Crippen LogP contribution in [0.1, 0.15) is 30.0 Å². The molecular formula is C22H24F3N5O. The van der Waals surface area contributed by atoms with E-state index in [4.69, 9.17) is 0 Å². The Kier molecular flexibility index (Phi) is 7.06. The van der Waals surface area contributed by atoms with Gasteiger partial charge < -0.3 is 15.5 Å². The Morgan fingerprint density at radius 1 is 1.00 bits per heavy atom. The fraction of sp³-hybridized carbons (Fsp3) is 0.318. The van der Waals surface area contributed by atoms with Gasteiger partial charge in [-0.05, 0) is 49.5 Å². The number of amides is 1. The quantitative estimate of drug-likeness (QED) is 0.551. The topological polar surface area (TPSA) is 70.2 Å². The molecule has 0 saturated carbocycles. The van der Waals surface area contributed by atoms with Gasteiger partial charge in [0, 0.05) is 29.7 Å². The summed E-state index contributed by atoms with van der Waals surface area (Å²) in [6, 6.07) is 13.0. The molecule has 0 saturated heterocycles. The van der Waals surface area contributed by atoms with Crippen molar-refractivity contribution >= 4 is 28.3 Å². The predicted molar refractivity (Wildman–Crippen MR) is 114 cm³/mol. The zero-order valence-corrected chi connectivity index (χ0v) is 17.3.